The first-order valence-corrected chi connectivity index (χ1v) is 7.54. The SMILES string of the molecule is Cn1c(CNC(CO)c2ccccc2)nc2ccccc2c1=O. The second kappa shape index (κ2) is 6.73. The molecule has 3 aromatic rings. The van der Waals surface area contributed by atoms with Gasteiger partial charge in [-0.1, -0.05) is 42.5 Å². The minimum Gasteiger partial charge on any atom is -0.394 e. The minimum absolute atomic E-state index is 0.0223. The lowest BCUT2D eigenvalue weighted by Crippen LogP contribution is -2.29. The van der Waals surface area contributed by atoms with Crippen LogP contribution in [-0.2, 0) is 13.6 Å². The highest BCUT2D eigenvalue weighted by atomic mass is 16.3. The number of rotatable bonds is 5. The van der Waals surface area contributed by atoms with Gasteiger partial charge in [0, 0.05) is 7.05 Å². The second-order valence-corrected chi connectivity index (χ2v) is 5.44. The first-order chi connectivity index (χ1) is 11.2. The van der Waals surface area contributed by atoms with E-state index in [4.69, 9.17) is 0 Å². The Balaban J connectivity index is 1.87. The Kier molecular flexibility index (Phi) is 4.50. The third kappa shape index (κ3) is 3.16. The molecule has 118 valence electrons. The molecule has 0 aliphatic rings. The van der Waals surface area contributed by atoms with Gasteiger partial charge in [-0.25, -0.2) is 4.98 Å². The molecule has 0 aliphatic heterocycles. The van der Waals surface area contributed by atoms with Crippen molar-refractivity contribution in [3.63, 3.8) is 0 Å². The lowest BCUT2D eigenvalue weighted by Gasteiger charge is -2.17. The molecular weight excluding hydrogens is 290 g/mol. The maximum atomic E-state index is 12.4. The van der Waals surface area contributed by atoms with Gasteiger partial charge in [-0.15, -0.1) is 0 Å². The fourth-order valence-electron chi connectivity index (χ4n) is 2.61. The van der Waals surface area contributed by atoms with E-state index in [-0.39, 0.29) is 18.2 Å². The van der Waals surface area contributed by atoms with Gasteiger partial charge < -0.3 is 10.4 Å². The van der Waals surface area contributed by atoms with Gasteiger partial charge in [0.05, 0.1) is 30.1 Å². The van der Waals surface area contributed by atoms with Crippen molar-refractivity contribution in [2.45, 2.75) is 12.6 Å². The van der Waals surface area contributed by atoms with Crippen molar-refractivity contribution in [2.75, 3.05) is 6.61 Å². The predicted octanol–water partition coefficient (Wildman–Crippen LogP) is 1.76. The third-order valence-corrected chi connectivity index (χ3v) is 3.97. The van der Waals surface area contributed by atoms with Crippen LogP contribution in [0.15, 0.2) is 59.4 Å². The quantitative estimate of drug-likeness (QED) is 0.753. The predicted molar refractivity (Wildman–Crippen MR) is 90.1 cm³/mol. The summed E-state index contributed by atoms with van der Waals surface area (Å²) in [5.41, 5.74) is 1.63. The molecule has 23 heavy (non-hydrogen) atoms. The fourth-order valence-corrected chi connectivity index (χ4v) is 2.61. The largest absolute Gasteiger partial charge is 0.394 e. The van der Waals surface area contributed by atoms with Crippen LogP contribution in [0, 0.1) is 0 Å². The average Bonchev–Trinajstić information content (AvgIpc) is 2.60. The molecule has 5 heteroatoms. The van der Waals surface area contributed by atoms with Crippen LogP contribution in [0.1, 0.15) is 17.4 Å². The summed E-state index contributed by atoms with van der Waals surface area (Å²) in [6.45, 7) is 0.377. The summed E-state index contributed by atoms with van der Waals surface area (Å²) in [7, 11) is 1.72. The van der Waals surface area contributed by atoms with Crippen molar-refractivity contribution < 1.29 is 5.11 Å². The smallest absolute Gasteiger partial charge is 0.261 e. The Bertz CT molecular complexity index is 859. The zero-order valence-electron chi connectivity index (χ0n) is 12.9. The highest BCUT2D eigenvalue weighted by Crippen LogP contribution is 2.13. The molecule has 2 aromatic carbocycles. The number of benzene rings is 2. The zero-order chi connectivity index (χ0) is 16.2. The molecule has 0 bridgehead atoms. The Morgan fingerprint density at radius 3 is 2.57 bits per heavy atom. The fraction of sp³-hybridized carbons (Fsp3) is 0.222. The van der Waals surface area contributed by atoms with Gasteiger partial charge in [0.15, 0.2) is 0 Å². The van der Waals surface area contributed by atoms with Crippen molar-refractivity contribution in [1.82, 2.24) is 14.9 Å². The van der Waals surface area contributed by atoms with E-state index in [0.29, 0.717) is 23.3 Å². The van der Waals surface area contributed by atoms with Crippen molar-refractivity contribution in [2.24, 2.45) is 7.05 Å². The van der Waals surface area contributed by atoms with Gasteiger partial charge in [-0.2, -0.15) is 0 Å². The van der Waals surface area contributed by atoms with Crippen LogP contribution in [0.4, 0.5) is 0 Å². The number of aromatic nitrogens is 2. The van der Waals surface area contributed by atoms with Crippen LogP contribution in [0.3, 0.4) is 0 Å². The van der Waals surface area contributed by atoms with Gasteiger partial charge in [0.2, 0.25) is 0 Å². The summed E-state index contributed by atoms with van der Waals surface area (Å²) in [6.07, 6.45) is 0. The molecule has 1 heterocycles. The first-order valence-electron chi connectivity index (χ1n) is 7.54. The van der Waals surface area contributed by atoms with E-state index in [1.54, 1.807) is 17.7 Å². The standard InChI is InChI=1S/C18H19N3O2/c1-21-17(20-15-10-6-5-9-14(15)18(21)23)11-19-16(12-22)13-7-3-2-4-8-13/h2-10,16,19,22H,11-12H2,1H3. The van der Waals surface area contributed by atoms with Crippen LogP contribution in [-0.4, -0.2) is 21.3 Å². The van der Waals surface area contributed by atoms with Crippen molar-refractivity contribution in [1.29, 1.82) is 0 Å². The molecule has 2 N–H and O–H groups in total. The van der Waals surface area contributed by atoms with Crippen molar-refractivity contribution >= 4 is 10.9 Å². The Labute approximate surface area is 134 Å². The number of para-hydroxylation sites is 1. The lowest BCUT2D eigenvalue weighted by molar-refractivity contribution is 0.242. The van der Waals surface area contributed by atoms with Gasteiger partial charge >= 0.3 is 0 Å². The van der Waals surface area contributed by atoms with Crippen LogP contribution < -0.4 is 10.9 Å². The number of nitrogens with one attached hydrogen (secondary N) is 1. The minimum atomic E-state index is -0.195. The highest BCUT2D eigenvalue weighted by Gasteiger charge is 2.12. The number of aliphatic hydroxyl groups excluding tert-OH is 1. The van der Waals surface area contributed by atoms with E-state index in [0.717, 1.165) is 5.56 Å². The summed E-state index contributed by atoms with van der Waals surface area (Å²) in [4.78, 5) is 16.9. The number of aliphatic hydroxyl groups is 1. The van der Waals surface area contributed by atoms with Gasteiger partial charge in [-0.05, 0) is 17.7 Å². The van der Waals surface area contributed by atoms with Crippen LogP contribution in [0.25, 0.3) is 10.9 Å². The number of hydrogen-bond acceptors (Lipinski definition) is 4. The van der Waals surface area contributed by atoms with E-state index < -0.39 is 0 Å². The summed E-state index contributed by atoms with van der Waals surface area (Å²) in [5.74, 6) is 0.642. The molecule has 0 fully saturated rings. The average molecular weight is 309 g/mol. The van der Waals surface area contributed by atoms with E-state index >= 15 is 0 Å². The maximum Gasteiger partial charge on any atom is 0.261 e. The van der Waals surface area contributed by atoms with Crippen LogP contribution >= 0.6 is 0 Å². The molecular formula is C18H19N3O2. The summed E-state index contributed by atoms with van der Waals surface area (Å²) in [6, 6.07) is 16.8. The van der Waals surface area contributed by atoms with E-state index in [1.807, 2.05) is 48.5 Å². The van der Waals surface area contributed by atoms with Gasteiger partial charge in [0.25, 0.3) is 5.56 Å². The molecule has 0 amide bonds. The van der Waals surface area contributed by atoms with E-state index in [2.05, 4.69) is 10.3 Å². The molecule has 0 saturated heterocycles. The summed E-state index contributed by atoms with van der Waals surface area (Å²) in [5, 5.41) is 13.5. The molecule has 0 aliphatic carbocycles. The molecule has 1 atom stereocenters. The first kappa shape index (κ1) is 15.4. The van der Waals surface area contributed by atoms with Crippen LogP contribution in [0.5, 0.6) is 0 Å². The van der Waals surface area contributed by atoms with E-state index in [9.17, 15) is 9.90 Å². The normalized spacial score (nSPS) is 12.4. The lowest BCUT2D eigenvalue weighted by atomic mass is 10.1. The van der Waals surface area contributed by atoms with Crippen LogP contribution in [0.2, 0.25) is 0 Å². The van der Waals surface area contributed by atoms with Gasteiger partial charge in [0.1, 0.15) is 5.82 Å². The Morgan fingerprint density at radius 2 is 1.83 bits per heavy atom. The second-order valence-electron chi connectivity index (χ2n) is 5.44. The monoisotopic (exact) mass is 309 g/mol. The number of fused-ring (bicyclic) bond motifs is 1. The topological polar surface area (TPSA) is 67.2 Å². The molecule has 0 radical (unpaired) electrons. The van der Waals surface area contributed by atoms with Crippen molar-refractivity contribution in [3.8, 4) is 0 Å². The molecule has 0 spiro atoms. The number of nitrogens with zero attached hydrogens (tertiary/aromatic N) is 2. The summed E-state index contributed by atoms with van der Waals surface area (Å²) >= 11 is 0. The molecule has 1 aromatic heterocycles. The zero-order valence-corrected chi connectivity index (χ0v) is 12.9. The Hall–Kier alpha value is -2.50. The maximum absolute atomic E-state index is 12.4. The summed E-state index contributed by atoms with van der Waals surface area (Å²) < 4.78 is 1.55. The number of hydrogen-bond donors (Lipinski definition) is 2. The van der Waals surface area contributed by atoms with E-state index in [1.165, 1.54) is 0 Å². The van der Waals surface area contributed by atoms with Gasteiger partial charge in [-0.3, -0.25) is 9.36 Å². The molecule has 5 nitrogen and oxygen atoms in total. The molecule has 1 unspecified atom stereocenters. The molecule has 0 saturated carbocycles. The highest BCUT2D eigenvalue weighted by molar-refractivity contribution is 5.77. The van der Waals surface area contributed by atoms with Crippen molar-refractivity contribution in [3.05, 3.63) is 76.3 Å². The third-order valence-electron chi connectivity index (χ3n) is 3.97. The Morgan fingerprint density at radius 1 is 1.13 bits per heavy atom. The molecule has 3 rings (SSSR count).